The van der Waals surface area contributed by atoms with E-state index in [0.29, 0.717) is 23.4 Å². The first-order chi connectivity index (χ1) is 13.5. The standard InChI is InChI=1S/C22H22N2O2S2/c1-14(2)28-20-19(18-9-6-12-27-18)21(25)24(22(20)26)11-10-15-13-23(3)17-8-5-4-7-16(15)17/h4-9,12-14H,10-11H2,1-3H3. The fourth-order valence-corrected chi connectivity index (χ4v) is 5.43. The molecule has 2 amide bonds. The van der Waals surface area contributed by atoms with E-state index in [1.165, 1.54) is 33.4 Å². The molecule has 1 aromatic carbocycles. The van der Waals surface area contributed by atoms with Gasteiger partial charge in [0.1, 0.15) is 0 Å². The summed E-state index contributed by atoms with van der Waals surface area (Å²) in [4.78, 5) is 29.1. The predicted octanol–water partition coefficient (Wildman–Crippen LogP) is 4.70. The number of thiophene rings is 1. The van der Waals surface area contributed by atoms with Gasteiger partial charge in [-0.2, -0.15) is 0 Å². The summed E-state index contributed by atoms with van der Waals surface area (Å²) in [5.74, 6) is -0.330. The molecule has 28 heavy (non-hydrogen) atoms. The van der Waals surface area contributed by atoms with Crippen LogP contribution in [0, 0.1) is 0 Å². The molecule has 0 fully saturated rings. The molecule has 2 aromatic heterocycles. The molecule has 144 valence electrons. The van der Waals surface area contributed by atoms with Crippen molar-refractivity contribution in [3.8, 4) is 0 Å². The zero-order valence-electron chi connectivity index (χ0n) is 16.1. The number of benzene rings is 1. The SMILES string of the molecule is CC(C)SC1=C(c2cccs2)C(=O)N(CCc2cn(C)c3ccccc23)C1=O. The van der Waals surface area contributed by atoms with Crippen molar-refractivity contribution in [2.45, 2.75) is 25.5 Å². The fraction of sp³-hybridized carbons (Fsp3) is 0.273. The number of para-hydroxylation sites is 1. The molecule has 0 radical (unpaired) electrons. The minimum absolute atomic E-state index is 0.160. The van der Waals surface area contributed by atoms with Crippen molar-refractivity contribution in [1.29, 1.82) is 0 Å². The number of amides is 2. The Morgan fingerprint density at radius 2 is 1.86 bits per heavy atom. The summed E-state index contributed by atoms with van der Waals surface area (Å²) in [6.07, 6.45) is 2.74. The van der Waals surface area contributed by atoms with E-state index in [9.17, 15) is 9.59 Å². The van der Waals surface area contributed by atoms with Gasteiger partial charge in [0.05, 0.1) is 10.5 Å². The number of carbonyl (C=O) groups excluding carboxylic acids is 2. The van der Waals surface area contributed by atoms with Crippen LogP contribution in [-0.2, 0) is 23.1 Å². The lowest BCUT2D eigenvalue weighted by Crippen LogP contribution is -2.33. The van der Waals surface area contributed by atoms with Crippen molar-refractivity contribution >= 4 is 51.4 Å². The van der Waals surface area contributed by atoms with Crippen molar-refractivity contribution in [3.63, 3.8) is 0 Å². The molecule has 0 spiro atoms. The number of fused-ring (bicyclic) bond motifs is 1. The van der Waals surface area contributed by atoms with Gasteiger partial charge in [0.25, 0.3) is 11.8 Å². The van der Waals surface area contributed by atoms with Gasteiger partial charge in [0.2, 0.25) is 0 Å². The van der Waals surface area contributed by atoms with Crippen LogP contribution in [0.2, 0.25) is 0 Å². The van der Waals surface area contributed by atoms with Crippen LogP contribution in [0.1, 0.15) is 24.3 Å². The van der Waals surface area contributed by atoms with Crippen molar-refractivity contribution in [3.05, 3.63) is 63.3 Å². The molecule has 0 atom stereocenters. The Morgan fingerprint density at radius 3 is 2.57 bits per heavy atom. The first-order valence-electron chi connectivity index (χ1n) is 9.31. The zero-order chi connectivity index (χ0) is 19.8. The summed E-state index contributed by atoms with van der Waals surface area (Å²) in [5, 5.41) is 3.35. The number of aryl methyl sites for hydroxylation is 1. The summed E-state index contributed by atoms with van der Waals surface area (Å²) in [6, 6.07) is 12.0. The number of rotatable bonds is 6. The molecule has 0 N–H and O–H groups in total. The molecule has 3 aromatic rings. The van der Waals surface area contributed by atoms with Crippen molar-refractivity contribution in [2.75, 3.05) is 6.54 Å². The first kappa shape index (κ1) is 19.0. The number of thioether (sulfide) groups is 1. The molecule has 3 heterocycles. The highest BCUT2D eigenvalue weighted by atomic mass is 32.2. The smallest absolute Gasteiger partial charge is 0.268 e. The van der Waals surface area contributed by atoms with Gasteiger partial charge in [-0.25, -0.2) is 0 Å². The summed E-state index contributed by atoms with van der Waals surface area (Å²) in [7, 11) is 2.02. The normalized spacial score (nSPS) is 14.9. The summed E-state index contributed by atoms with van der Waals surface area (Å²) in [6.45, 7) is 4.48. The third-order valence-corrected chi connectivity index (χ3v) is 6.80. The van der Waals surface area contributed by atoms with Crippen molar-refractivity contribution in [1.82, 2.24) is 9.47 Å². The van der Waals surface area contributed by atoms with Gasteiger partial charge in [0, 0.05) is 40.8 Å². The van der Waals surface area contributed by atoms with Gasteiger partial charge in [-0.15, -0.1) is 23.1 Å². The van der Waals surface area contributed by atoms with Crippen LogP contribution in [0.25, 0.3) is 16.5 Å². The van der Waals surface area contributed by atoms with Crippen LogP contribution >= 0.6 is 23.1 Å². The number of hydrogen-bond donors (Lipinski definition) is 0. The third-order valence-electron chi connectivity index (χ3n) is 4.83. The second kappa shape index (κ2) is 7.60. The van der Waals surface area contributed by atoms with Gasteiger partial charge in [-0.1, -0.05) is 38.1 Å². The molecular formula is C22H22N2O2S2. The highest BCUT2D eigenvalue weighted by molar-refractivity contribution is 8.04. The van der Waals surface area contributed by atoms with Gasteiger partial charge in [0.15, 0.2) is 0 Å². The monoisotopic (exact) mass is 410 g/mol. The molecular weight excluding hydrogens is 388 g/mol. The second-order valence-corrected chi connectivity index (χ2v) is 9.68. The molecule has 0 bridgehead atoms. The Morgan fingerprint density at radius 1 is 1.07 bits per heavy atom. The highest BCUT2D eigenvalue weighted by Gasteiger charge is 2.39. The first-order valence-corrected chi connectivity index (χ1v) is 11.1. The Labute approximate surface area is 172 Å². The topological polar surface area (TPSA) is 42.3 Å². The molecule has 1 aliphatic heterocycles. The minimum Gasteiger partial charge on any atom is -0.350 e. The summed E-state index contributed by atoms with van der Waals surface area (Å²) in [5.41, 5.74) is 2.88. The Balaban J connectivity index is 1.61. The van der Waals surface area contributed by atoms with Crippen LogP contribution in [0.5, 0.6) is 0 Å². The molecule has 0 saturated carbocycles. The number of hydrogen-bond acceptors (Lipinski definition) is 4. The molecule has 1 aliphatic rings. The molecule has 4 nitrogen and oxygen atoms in total. The van der Waals surface area contributed by atoms with Gasteiger partial charge < -0.3 is 4.57 Å². The summed E-state index contributed by atoms with van der Waals surface area (Å²) < 4.78 is 2.09. The third kappa shape index (κ3) is 3.31. The van der Waals surface area contributed by atoms with Crippen molar-refractivity contribution < 1.29 is 9.59 Å². The minimum atomic E-state index is -0.171. The number of nitrogens with zero attached hydrogens (tertiary/aromatic N) is 2. The van der Waals surface area contributed by atoms with E-state index in [2.05, 4.69) is 22.9 Å². The lowest BCUT2D eigenvalue weighted by molar-refractivity contribution is -0.136. The molecule has 0 aliphatic carbocycles. The molecule has 0 unspecified atom stereocenters. The predicted molar refractivity (Wildman–Crippen MR) is 117 cm³/mol. The largest absolute Gasteiger partial charge is 0.350 e. The van der Waals surface area contributed by atoms with Crippen LogP contribution in [0.4, 0.5) is 0 Å². The lowest BCUT2D eigenvalue weighted by Gasteiger charge is -2.15. The van der Waals surface area contributed by atoms with Crippen LogP contribution in [0.3, 0.4) is 0 Å². The second-order valence-electron chi connectivity index (χ2n) is 7.14. The van der Waals surface area contributed by atoms with Gasteiger partial charge in [-0.3, -0.25) is 14.5 Å². The van der Waals surface area contributed by atoms with E-state index in [-0.39, 0.29) is 17.1 Å². The molecule has 4 rings (SSSR count). The van der Waals surface area contributed by atoms with Gasteiger partial charge >= 0.3 is 0 Å². The van der Waals surface area contributed by atoms with E-state index in [0.717, 1.165) is 16.0 Å². The number of aromatic nitrogens is 1. The van der Waals surface area contributed by atoms with E-state index in [4.69, 9.17) is 0 Å². The Bertz CT molecular complexity index is 1080. The van der Waals surface area contributed by atoms with Crippen LogP contribution in [-0.4, -0.2) is 33.1 Å². The number of imide groups is 1. The van der Waals surface area contributed by atoms with Gasteiger partial charge in [-0.05, 0) is 29.5 Å². The zero-order valence-corrected chi connectivity index (χ0v) is 17.8. The molecule has 6 heteroatoms. The van der Waals surface area contributed by atoms with E-state index in [1.807, 2.05) is 50.5 Å². The van der Waals surface area contributed by atoms with E-state index >= 15 is 0 Å². The maximum absolute atomic E-state index is 13.1. The quantitative estimate of drug-likeness (QED) is 0.553. The average molecular weight is 411 g/mol. The highest BCUT2D eigenvalue weighted by Crippen LogP contribution is 2.39. The van der Waals surface area contributed by atoms with Crippen LogP contribution < -0.4 is 0 Å². The number of carbonyl (C=O) groups is 2. The lowest BCUT2D eigenvalue weighted by atomic mass is 10.1. The van der Waals surface area contributed by atoms with Crippen molar-refractivity contribution in [2.24, 2.45) is 7.05 Å². The Kier molecular flexibility index (Phi) is 5.17. The summed E-state index contributed by atoms with van der Waals surface area (Å²) >= 11 is 2.99. The molecule has 0 saturated heterocycles. The van der Waals surface area contributed by atoms with E-state index < -0.39 is 0 Å². The average Bonchev–Trinajstić information content (AvgIpc) is 3.34. The fourth-order valence-electron chi connectivity index (χ4n) is 3.60. The maximum atomic E-state index is 13.1. The maximum Gasteiger partial charge on any atom is 0.268 e. The van der Waals surface area contributed by atoms with Crippen LogP contribution in [0.15, 0.2) is 52.9 Å². The Hall–Kier alpha value is -2.31. The van der Waals surface area contributed by atoms with E-state index in [1.54, 1.807) is 0 Å².